The number of hydrogen-bond donors (Lipinski definition) is 1. The quantitative estimate of drug-likeness (QED) is 0.468. The van der Waals surface area contributed by atoms with Gasteiger partial charge in [0.25, 0.3) is 0 Å². The van der Waals surface area contributed by atoms with Crippen LogP contribution < -0.4 is 10.2 Å². The van der Waals surface area contributed by atoms with Crippen LogP contribution in [0.3, 0.4) is 0 Å². The number of anilines is 1. The molecule has 0 atom stereocenters. The third-order valence-electron chi connectivity index (χ3n) is 4.76. The van der Waals surface area contributed by atoms with E-state index in [-0.39, 0.29) is 5.91 Å². The van der Waals surface area contributed by atoms with E-state index < -0.39 is 0 Å². The summed E-state index contributed by atoms with van der Waals surface area (Å²) >= 11 is 1.43. The summed E-state index contributed by atoms with van der Waals surface area (Å²) in [6, 6.07) is 8.50. The van der Waals surface area contributed by atoms with E-state index in [1.54, 1.807) is 0 Å². The number of rotatable bonds is 13. The molecule has 6 heteroatoms. The van der Waals surface area contributed by atoms with Gasteiger partial charge >= 0.3 is 0 Å². The molecule has 5 nitrogen and oxygen atoms in total. The monoisotopic (exact) mass is 416 g/mol. The predicted octanol–water partition coefficient (Wildman–Crippen LogP) is 4.99. The lowest BCUT2D eigenvalue weighted by Crippen LogP contribution is -2.33. The van der Waals surface area contributed by atoms with Crippen molar-refractivity contribution in [1.82, 2.24) is 14.7 Å². The van der Waals surface area contributed by atoms with Gasteiger partial charge in [0.2, 0.25) is 11.0 Å². The largest absolute Gasteiger partial charge is 0.356 e. The number of unbranched alkanes of at least 4 members (excludes halogenated alkanes) is 3. The van der Waals surface area contributed by atoms with E-state index in [2.05, 4.69) is 66.6 Å². The highest BCUT2D eigenvalue weighted by atomic mass is 32.1. The molecule has 0 fully saturated rings. The van der Waals surface area contributed by atoms with Gasteiger partial charge < -0.3 is 10.2 Å². The first-order valence-corrected chi connectivity index (χ1v) is 11.6. The maximum absolute atomic E-state index is 12.2. The highest BCUT2D eigenvalue weighted by Crippen LogP contribution is 2.20. The first kappa shape index (κ1) is 23.3. The number of benzene rings is 1. The first-order valence-electron chi connectivity index (χ1n) is 10.9. The lowest BCUT2D eigenvalue weighted by Gasteiger charge is -2.23. The van der Waals surface area contributed by atoms with Crippen molar-refractivity contribution in [2.45, 2.75) is 66.2 Å². The fourth-order valence-electron chi connectivity index (χ4n) is 3.14. The topological polar surface area (TPSA) is 58.1 Å². The van der Waals surface area contributed by atoms with Crippen LogP contribution in [0.4, 0.5) is 5.13 Å². The summed E-state index contributed by atoms with van der Waals surface area (Å²) in [6.07, 6.45) is 5.93. The fraction of sp³-hybridized carbons (Fsp3) is 0.609. The van der Waals surface area contributed by atoms with Crippen molar-refractivity contribution in [3.63, 3.8) is 0 Å². The van der Waals surface area contributed by atoms with Crippen molar-refractivity contribution in [3.8, 4) is 0 Å². The van der Waals surface area contributed by atoms with Crippen LogP contribution in [0.1, 0.15) is 69.8 Å². The molecule has 0 bridgehead atoms. The molecule has 0 radical (unpaired) electrons. The van der Waals surface area contributed by atoms with Gasteiger partial charge in [-0.15, -0.1) is 0 Å². The Morgan fingerprint density at radius 1 is 1.17 bits per heavy atom. The van der Waals surface area contributed by atoms with Crippen LogP contribution in [-0.2, 0) is 11.2 Å². The van der Waals surface area contributed by atoms with Gasteiger partial charge in [-0.3, -0.25) is 4.79 Å². The summed E-state index contributed by atoms with van der Waals surface area (Å²) in [4.78, 5) is 19.2. The number of carbonyl (C=O) groups is 1. The lowest BCUT2D eigenvalue weighted by molar-refractivity contribution is -0.120. The normalized spacial score (nSPS) is 11.1. The zero-order chi connectivity index (χ0) is 21.1. The van der Waals surface area contributed by atoms with Crippen LogP contribution in [0, 0.1) is 12.8 Å². The maximum atomic E-state index is 12.2. The smallest absolute Gasteiger partial charge is 0.221 e. The van der Waals surface area contributed by atoms with Crippen LogP contribution in [0.15, 0.2) is 24.3 Å². The Morgan fingerprint density at radius 3 is 2.62 bits per heavy atom. The zero-order valence-corrected chi connectivity index (χ0v) is 19.2. The number of hydrogen-bond acceptors (Lipinski definition) is 5. The summed E-state index contributed by atoms with van der Waals surface area (Å²) in [6.45, 7) is 11.0. The molecule has 0 aliphatic heterocycles. The van der Waals surface area contributed by atoms with Crippen LogP contribution in [0.25, 0.3) is 0 Å². The van der Waals surface area contributed by atoms with Gasteiger partial charge in [-0.1, -0.05) is 69.9 Å². The molecule has 0 saturated carbocycles. The number of amides is 1. The average molecular weight is 417 g/mol. The third-order valence-corrected chi connectivity index (χ3v) is 5.57. The standard InChI is InChI=1S/C23H36N4OS/c1-5-6-7-8-14-24-22(28)13-15-27(17-18(2)3)23-25-21(26-29-23)16-20-11-9-19(4)10-12-20/h9-12,18H,5-8,13-17H2,1-4H3,(H,24,28). The van der Waals surface area contributed by atoms with Crippen molar-refractivity contribution in [3.05, 3.63) is 41.2 Å². The number of carbonyl (C=O) groups excluding carboxylic acids is 1. The van der Waals surface area contributed by atoms with Gasteiger partial charge in [0.15, 0.2) is 0 Å². The van der Waals surface area contributed by atoms with Gasteiger partial charge in [-0.25, -0.2) is 4.98 Å². The van der Waals surface area contributed by atoms with E-state index >= 15 is 0 Å². The number of nitrogens with zero attached hydrogens (tertiary/aromatic N) is 3. The van der Waals surface area contributed by atoms with E-state index in [0.29, 0.717) is 18.9 Å². The SMILES string of the molecule is CCCCCCNC(=O)CCN(CC(C)C)c1nc(Cc2ccc(C)cc2)ns1. The highest BCUT2D eigenvalue weighted by Gasteiger charge is 2.16. The minimum Gasteiger partial charge on any atom is -0.356 e. The molecule has 2 aromatic rings. The van der Waals surface area contributed by atoms with Gasteiger partial charge in [-0.2, -0.15) is 4.37 Å². The van der Waals surface area contributed by atoms with Crippen LogP contribution >= 0.6 is 11.5 Å². The summed E-state index contributed by atoms with van der Waals surface area (Å²) < 4.78 is 4.56. The van der Waals surface area contributed by atoms with Crippen molar-refractivity contribution in [2.75, 3.05) is 24.5 Å². The molecule has 0 aliphatic carbocycles. The average Bonchev–Trinajstić information content (AvgIpc) is 3.15. The third kappa shape index (κ3) is 8.94. The van der Waals surface area contributed by atoms with E-state index in [9.17, 15) is 4.79 Å². The molecule has 1 heterocycles. The molecule has 29 heavy (non-hydrogen) atoms. The lowest BCUT2D eigenvalue weighted by atomic mass is 10.1. The molecule has 1 aromatic carbocycles. The Kier molecular flexibility index (Phi) is 10.1. The molecule has 1 aromatic heterocycles. The van der Waals surface area contributed by atoms with E-state index in [4.69, 9.17) is 4.98 Å². The zero-order valence-electron chi connectivity index (χ0n) is 18.4. The second-order valence-electron chi connectivity index (χ2n) is 8.16. The first-order chi connectivity index (χ1) is 14.0. The molecular weight excluding hydrogens is 380 g/mol. The molecule has 1 N–H and O–H groups in total. The van der Waals surface area contributed by atoms with Crippen molar-refractivity contribution < 1.29 is 4.79 Å². The van der Waals surface area contributed by atoms with Crippen LogP contribution in [0.5, 0.6) is 0 Å². The second-order valence-corrected chi connectivity index (χ2v) is 8.89. The fourth-order valence-corrected chi connectivity index (χ4v) is 3.86. The highest BCUT2D eigenvalue weighted by molar-refractivity contribution is 7.09. The van der Waals surface area contributed by atoms with Gasteiger partial charge in [-0.05, 0) is 24.8 Å². The number of nitrogens with one attached hydrogen (secondary N) is 1. The second kappa shape index (κ2) is 12.6. The molecule has 0 spiro atoms. The predicted molar refractivity (Wildman–Crippen MR) is 123 cm³/mol. The van der Waals surface area contributed by atoms with Crippen molar-refractivity contribution in [1.29, 1.82) is 0 Å². The molecule has 160 valence electrons. The van der Waals surface area contributed by atoms with E-state index in [1.807, 2.05) is 0 Å². The molecule has 1 amide bonds. The van der Waals surface area contributed by atoms with Gasteiger partial charge in [0, 0.05) is 44.0 Å². The molecule has 0 saturated heterocycles. The van der Waals surface area contributed by atoms with Crippen molar-refractivity contribution in [2.24, 2.45) is 5.92 Å². The summed E-state index contributed by atoms with van der Waals surface area (Å²) in [7, 11) is 0. The van der Waals surface area contributed by atoms with Crippen LogP contribution in [-0.4, -0.2) is 34.9 Å². The molecular formula is C23H36N4OS. The van der Waals surface area contributed by atoms with Crippen LogP contribution in [0.2, 0.25) is 0 Å². The van der Waals surface area contributed by atoms with E-state index in [0.717, 1.165) is 36.9 Å². The minimum absolute atomic E-state index is 0.125. The van der Waals surface area contributed by atoms with E-state index in [1.165, 1.54) is 41.9 Å². The Balaban J connectivity index is 1.88. The summed E-state index contributed by atoms with van der Waals surface area (Å²) in [5, 5.41) is 3.96. The number of aromatic nitrogens is 2. The van der Waals surface area contributed by atoms with Crippen molar-refractivity contribution >= 4 is 22.6 Å². The Hall–Kier alpha value is -1.95. The minimum atomic E-state index is 0.125. The summed E-state index contributed by atoms with van der Waals surface area (Å²) in [5.74, 6) is 1.47. The Morgan fingerprint density at radius 2 is 1.93 bits per heavy atom. The van der Waals surface area contributed by atoms with Gasteiger partial charge in [0.05, 0.1) is 0 Å². The molecule has 0 aliphatic rings. The molecule has 2 rings (SSSR count). The molecule has 0 unspecified atom stereocenters. The summed E-state index contributed by atoms with van der Waals surface area (Å²) in [5.41, 5.74) is 2.48. The Labute approximate surface area is 180 Å². The number of aryl methyl sites for hydroxylation is 1. The Bertz CT molecular complexity index is 727. The van der Waals surface area contributed by atoms with Gasteiger partial charge in [0.1, 0.15) is 5.82 Å². The maximum Gasteiger partial charge on any atom is 0.221 e.